The fraction of sp³-hybridized carbons (Fsp3) is 0.292. The molecule has 2 aromatic carbocycles. The van der Waals surface area contributed by atoms with Gasteiger partial charge in [0.2, 0.25) is 5.91 Å². The van der Waals surface area contributed by atoms with Gasteiger partial charge in [0.05, 0.1) is 17.6 Å². The van der Waals surface area contributed by atoms with Crippen LogP contribution < -0.4 is 4.90 Å². The third-order valence-corrected chi connectivity index (χ3v) is 5.56. The molecule has 0 bridgehead atoms. The summed E-state index contributed by atoms with van der Waals surface area (Å²) in [7, 11) is 0. The van der Waals surface area contributed by atoms with E-state index in [1.54, 1.807) is 6.33 Å². The van der Waals surface area contributed by atoms with Crippen molar-refractivity contribution in [2.75, 3.05) is 31.1 Å². The second kappa shape index (κ2) is 8.86. The lowest BCUT2D eigenvalue weighted by atomic mass is 9.97. The predicted molar refractivity (Wildman–Crippen MR) is 116 cm³/mol. The van der Waals surface area contributed by atoms with E-state index >= 15 is 0 Å². The number of hydrogen-bond acceptors (Lipinski definition) is 4. The van der Waals surface area contributed by atoms with E-state index in [0.29, 0.717) is 6.42 Å². The molecule has 1 fully saturated rings. The van der Waals surface area contributed by atoms with E-state index < -0.39 is 0 Å². The third-order valence-electron chi connectivity index (χ3n) is 5.56. The number of hydrogen-bond donors (Lipinski definition) is 0. The Kier molecular flexibility index (Phi) is 5.84. The summed E-state index contributed by atoms with van der Waals surface area (Å²) in [5.41, 5.74) is 4.27. The van der Waals surface area contributed by atoms with Crippen LogP contribution in [0.3, 0.4) is 0 Å². The molecule has 4 rings (SSSR count). The van der Waals surface area contributed by atoms with Crippen LogP contribution in [0.15, 0.2) is 73.2 Å². The first-order valence-electron chi connectivity index (χ1n) is 10.2. The number of carbonyl (C=O) groups is 1. The first-order valence-corrected chi connectivity index (χ1v) is 10.2. The van der Waals surface area contributed by atoms with E-state index in [2.05, 4.69) is 46.1 Å². The highest BCUT2D eigenvalue weighted by molar-refractivity contribution is 5.78. The average Bonchev–Trinajstić information content (AvgIpc) is 2.80. The summed E-state index contributed by atoms with van der Waals surface area (Å²) in [4.78, 5) is 25.8. The van der Waals surface area contributed by atoms with Crippen molar-refractivity contribution in [3.8, 4) is 11.3 Å². The molecule has 5 nitrogen and oxygen atoms in total. The number of nitrogens with zero attached hydrogens (tertiary/aromatic N) is 4. The lowest BCUT2D eigenvalue weighted by Crippen LogP contribution is -2.49. The zero-order valence-corrected chi connectivity index (χ0v) is 16.7. The second-order valence-corrected chi connectivity index (χ2v) is 7.51. The third kappa shape index (κ3) is 4.45. The van der Waals surface area contributed by atoms with Gasteiger partial charge in [-0.3, -0.25) is 4.79 Å². The molecule has 29 heavy (non-hydrogen) atoms. The summed E-state index contributed by atoms with van der Waals surface area (Å²) < 4.78 is 0. The number of amides is 1. The molecule has 1 saturated heterocycles. The van der Waals surface area contributed by atoms with Crippen LogP contribution in [0.4, 0.5) is 5.69 Å². The molecule has 1 aromatic heterocycles. The maximum absolute atomic E-state index is 12.8. The Morgan fingerprint density at radius 1 is 0.966 bits per heavy atom. The van der Waals surface area contributed by atoms with E-state index in [-0.39, 0.29) is 11.8 Å². The van der Waals surface area contributed by atoms with Gasteiger partial charge in [0.15, 0.2) is 0 Å². The molecule has 0 radical (unpaired) electrons. The Morgan fingerprint density at radius 2 is 1.62 bits per heavy atom. The van der Waals surface area contributed by atoms with Gasteiger partial charge in [0.25, 0.3) is 0 Å². The summed E-state index contributed by atoms with van der Waals surface area (Å²) in [5.74, 6) is 0.461. The summed E-state index contributed by atoms with van der Waals surface area (Å²) >= 11 is 0. The molecule has 0 N–H and O–H groups in total. The van der Waals surface area contributed by atoms with Crippen LogP contribution in [-0.4, -0.2) is 47.0 Å². The average molecular weight is 386 g/mol. The largest absolute Gasteiger partial charge is 0.365 e. The van der Waals surface area contributed by atoms with Gasteiger partial charge in [-0.25, -0.2) is 9.97 Å². The van der Waals surface area contributed by atoms with Gasteiger partial charge in [0, 0.05) is 38.2 Å². The van der Waals surface area contributed by atoms with Crippen LogP contribution in [0, 0.1) is 0 Å². The highest BCUT2D eigenvalue weighted by atomic mass is 16.2. The Balaban J connectivity index is 1.40. The molecule has 3 aromatic rings. The first-order chi connectivity index (χ1) is 14.2. The van der Waals surface area contributed by atoms with Crippen molar-refractivity contribution in [2.24, 2.45) is 0 Å². The number of anilines is 1. The maximum atomic E-state index is 12.8. The van der Waals surface area contributed by atoms with Crippen LogP contribution in [0.1, 0.15) is 24.8 Å². The summed E-state index contributed by atoms with van der Waals surface area (Å²) in [6, 6.07) is 20.4. The van der Waals surface area contributed by atoms with Crippen LogP contribution in [0.5, 0.6) is 0 Å². The molecular weight excluding hydrogens is 360 g/mol. The molecule has 0 aliphatic carbocycles. The maximum Gasteiger partial charge on any atom is 0.223 e. The van der Waals surface area contributed by atoms with Crippen molar-refractivity contribution < 1.29 is 4.79 Å². The Morgan fingerprint density at radius 3 is 2.31 bits per heavy atom. The molecule has 1 aliphatic rings. The zero-order valence-electron chi connectivity index (χ0n) is 16.7. The molecule has 0 spiro atoms. The summed E-state index contributed by atoms with van der Waals surface area (Å²) in [6.45, 7) is 5.15. The van der Waals surface area contributed by atoms with E-state index in [9.17, 15) is 4.79 Å². The van der Waals surface area contributed by atoms with Gasteiger partial charge in [0.1, 0.15) is 6.33 Å². The number of benzene rings is 2. The summed E-state index contributed by atoms with van der Waals surface area (Å²) in [6.07, 6.45) is 4.02. The van der Waals surface area contributed by atoms with Gasteiger partial charge in [-0.05, 0) is 11.5 Å². The molecule has 1 amide bonds. The quantitative estimate of drug-likeness (QED) is 0.665. The van der Waals surface area contributed by atoms with Gasteiger partial charge in [-0.1, -0.05) is 67.6 Å². The van der Waals surface area contributed by atoms with Crippen molar-refractivity contribution in [1.29, 1.82) is 0 Å². The Labute approximate surface area is 172 Å². The fourth-order valence-corrected chi connectivity index (χ4v) is 3.86. The molecule has 148 valence electrons. The molecule has 1 aliphatic heterocycles. The normalized spacial score (nSPS) is 15.2. The Hall–Kier alpha value is -3.21. The van der Waals surface area contributed by atoms with Crippen molar-refractivity contribution in [3.05, 3.63) is 78.8 Å². The van der Waals surface area contributed by atoms with Gasteiger partial charge in [-0.15, -0.1) is 0 Å². The molecule has 0 unspecified atom stereocenters. The lowest BCUT2D eigenvalue weighted by Gasteiger charge is -2.37. The minimum atomic E-state index is 0.230. The van der Waals surface area contributed by atoms with Crippen LogP contribution in [0.2, 0.25) is 0 Å². The van der Waals surface area contributed by atoms with E-state index in [1.165, 1.54) is 5.56 Å². The minimum Gasteiger partial charge on any atom is -0.365 e. The summed E-state index contributed by atoms with van der Waals surface area (Å²) in [5, 5.41) is 0. The SMILES string of the molecule is C[C@@H](CC(=O)N1CCN(c2cncnc2-c2ccccc2)CC1)c1ccccc1. The predicted octanol–water partition coefficient (Wildman–Crippen LogP) is 3.99. The number of aromatic nitrogens is 2. The monoisotopic (exact) mass is 386 g/mol. The lowest BCUT2D eigenvalue weighted by molar-refractivity contribution is -0.131. The highest BCUT2D eigenvalue weighted by Crippen LogP contribution is 2.28. The van der Waals surface area contributed by atoms with Gasteiger partial charge in [-0.2, -0.15) is 0 Å². The number of rotatable bonds is 5. The van der Waals surface area contributed by atoms with Gasteiger partial charge < -0.3 is 9.80 Å². The van der Waals surface area contributed by atoms with E-state index in [1.807, 2.05) is 47.5 Å². The van der Waals surface area contributed by atoms with Crippen LogP contribution in [0.25, 0.3) is 11.3 Å². The molecule has 5 heteroatoms. The standard InChI is InChI=1S/C24H26N4O/c1-19(20-8-4-2-5-9-20)16-23(29)28-14-12-27(13-15-28)22-17-25-18-26-24(22)21-10-6-3-7-11-21/h2-11,17-19H,12-16H2,1H3/t19-/m0/s1. The number of piperazine rings is 1. The smallest absolute Gasteiger partial charge is 0.223 e. The van der Waals surface area contributed by atoms with E-state index in [0.717, 1.165) is 43.1 Å². The molecular formula is C24H26N4O. The first kappa shape index (κ1) is 19.1. The molecule has 1 atom stereocenters. The van der Waals surface area contributed by atoms with Gasteiger partial charge >= 0.3 is 0 Å². The van der Waals surface area contributed by atoms with Crippen molar-refractivity contribution in [2.45, 2.75) is 19.3 Å². The van der Waals surface area contributed by atoms with Crippen LogP contribution in [-0.2, 0) is 4.79 Å². The highest BCUT2D eigenvalue weighted by Gasteiger charge is 2.24. The van der Waals surface area contributed by atoms with E-state index in [4.69, 9.17) is 0 Å². The van der Waals surface area contributed by atoms with Crippen molar-refractivity contribution >= 4 is 11.6 Å². The Bertz CT molecular complexity index is 937. The molecule has 2 heterocycles. The van der Waals surface area contributed by atoms with Crippen molar-refractivity contribution in [1.82, 2.24) is 14.9 Å². The molecule has 0 saturated carbocycles. The second-order valence-electron chi connectivity index (χ2n) is 7.51. The van der Waals surface area contributed by atoms with Crippen LogP contribution >= 0.6 is 0 Å². The van der Waals surface area contributed by atoms with Crippen molar-refractivity contribution in [3.63, 3.8) is 0 Å². The fourth-order valence-electron chi connectivity index (χ4n) is 3.86. The zero-order chi connectivity index (χ0) is 20.1. The number of carbonyl (C=O) groups excluding carboxylic acids is 1. The topological polar surface area (TPSA) is 49.3 Å². The minimum absolute atomic E-state index is 0.230.